The third-order valence-electron chi connectivity index (χ3n) is 8.02. The Morgan fingerprint density at radius 3 is 2.42 bits per heavy atom. The number of methoxy groups -OCH3 is 1. The maximum Gasteiger partial charge on any atom is 0.418 e. The molecule has 1 atom stereocenters. The number of hydrogen-bond donors (Lipinski definition) is 2. The van der Waals surface area contributed by atoms with E-state index in [1.807, 2.05) is 13.8 Å². The fraction of sp³-hybridized carbons (Fsp3) is 0.273. The lowest BCUT2D eigenvalue weighted by molar-refractivity contribution is -0.137. The number of nitrogens with one attached hydrogen (secondary N) is 1. The molecule has 0 amide bonds. The number of Topliss-reactive ketones (excluding diaryl/α,β-unsaturated/α-hetero) is 1. The molecule has 2 heterocycles. The van der Waals surface area contributed by atoms with Crippen molar-refractivity contribution in [3.8, 4) is 17.2 Å². The number of alkyl halides is 3. The molecule has 0 aromatic heterocycles. The number of rotatable bonds is 4. The van der Waals surface area contributed by atoms with Crippen molar-refractivity contribution in [3.05, 3.63) is 100 Å². The average molecular weight is 591 g/mol. The first-order chi connectivity index (χ1) is 20.4. The number of fused-ring (bicyclic) bond motifs is 1. The van der Waals surface area contributed by atoms with Crippen LogP contribution in [0, 0.1) is 10.8 Å². The number of ether oxygens (including phenoxy) is 3. The molecule has 0 saturated carbocycles. The zero-order chi connectivity index (χ0) is 30.7. The number of para-hydroxylation sites is 1. The number of carbonyl (C=O) groups is 1. The number of halogens is 3. The van der Waals surface area contributed by atoms with E-state index < -0.39 is 23.1 Å². The van der Waals surface area contributed by atoms with Gasteiger partial charge in [0.2, 0.25) is 6.79 Å². The fourth-order valence-corrected chi connectivity index (χ4v) is 6.12. The van der Waals surface area contributed by atoms with Gasteiger partial charge in [0.1, 0.15) is 17.3 Å². The van der Waals surface area contributed by atoms with Gasteiger partial charge in [-0.1, -0.05) is 32.0 Å². The lowest BCUT2D eigenvalue weighted by Gasteiger charge is -2.45. The maximum atomic E-state index is 14.4. The van der Waals surface area contributed by atoms with E-state index in [0.29, 0.717) is 34.1 Å². The predicted octanol–water partition coefficient (Wildman–Crippen LogP) is 7.64. The van der Waals surface area contributed by atoms with Gasteiger partial charge >= 0.3 is 6.18 Å². The molecule has 222 valence electrons. The molecule has 1 unspecified atom stereocenters. The Morgan fingerprint density at radius 2 is 1.72 bits per heavy atom. The molecular weight excluding hydrogens is 561 g/mol. The smallest absolute Gasteiger partial charge is 0.418 e. The third kappa shape index (κ3) is 4.90. The molecule has 0 radical (unpaired) electrons. The van der Waals surface area contributed by atoms with E-state index in [1.54, 1.807) is 42.5 Å². The molecule has 2 aliphatic heterocycles. The summed E-state index contributed by atoms with van der Waals surface area (Å²) < 4.78 is 59.4. The van der Waals surface area contributed by atoms with Gasteiger partial charge in [0, 0.05) is 34.7 Å². The van der Waals surface area contributed by atoms with Crippen LogP contribution in [0.2, 0.25) is 0 Å². The zero-order valence-corrected chi connectivity index (χ0v) is 23.7. The van der Waals surface area contributed by atoms with Gasteiger partial charge < -0.3 is 19.3 Å². The van der Waals surface area contributed by atoms with Gasteiger partial charge in [-0.3, -0.25) is 15.1 Å². The number of carbonyl (C=O) groups excluding carboxylic acids is 1. The molecule has 0 saturated heterocycles. The molecule has 0 bridgehead atoms. The molecule has 2 N–H and O–H groups in total. The Morgan fingerprint density at radius 1 is 1.02 bits per heavy atom. The van der Waals surface area contributed by atoms with E-state index >= 15 is 0 Å². The largest absolute Gasteiger partial charge is 0.507 e. The summed E-state index contributed by atoms with van der Waals surface area (Å²) in [6.45, 7) is 3.77. The van der Waals surface area contributed by atoms with Gasteiger partial charge in [-0.25, -0.2) is 0 Å². The maximum absolute atomic E-state index is 14.4. The van der Waals surface area contributed by atoms with Crippen molar-refractivity contribution < 1.29 is 37.3 Å². The molecule has 7 nitrogen and oxygen atoms in total. The number of aliphatic hydroxyl groups excluding tert-OH is 1. The first kappa shape index (κ1) is 28.4. The molecule has 1 aliphatic carbocycles. The number of hydrogen-bond acceptors (Lipinski definition) is 6. The fourth-order valence-electron chi connectivity index (χ4n) is 6.12. The summed E-state index contributed by atoms with van der Waals surface area (Å²) in [5, 5.41) is 21.3. The summed E-state index contributed by atoms with van der Waals surface area (Å²) in [5.41, 5.74) is -0.447. The summed E-state index contributed by atoms with van der Waals surface area (Å²) in [7, 11) is 1.50. The van der Waals surface area contributed by atoms with Gasteiger partial charge in [0.15, 0.2) is 17.3 Å². The number of nitrogens with zero attached hydrogens (tertiary/aromatic N) is 1. The Kier molecular flexibility index (Phi) is 6.75. The minimum Gasteiger partial charge on any atom is -0.507 e. The Hall–Kier alpha value is -4.73. The van der Waals surface area contributed by atoms with Crippen molar-refractivity contribution in [2.75, 3.05) is 18.8 Å². The van der Waals surface area contributed by atoms with Crippen LogP contribution in [0.25, 0.3) is 5.76 Å². The van der Waals surface area contributed by atoms with Crippen molar-refractivity contribution in [2.24, 2.45) is 5.41 Å². The van der Waals surface area contributed by atoms with Crippen LogP contribution in [0.4, 0.5) is 18.9 Å². The van der Waals surface area contributed by atoms with Gasteiger partial charge in [-0.15, -0.1) is 0 Å². The molecule has 6 rings (SSSR count). The van der Waals surface area contributed by atoms with Crippen LogP contribution in [-0.4, -0.2) is 30.6 Å². The highest BCUT2D eigenvalue weighted by molar-refractivity contribution is 6.20. The third-order valence-corrected chi connectivity index (χ3v) is 8.02. The van der Waals surface area contributed by atoms with Gasteiger partial charge in [0.25, 0.3) is 0 Å². The quantitative estimate of drug-likeness (QED) is 0.304. The lowest BCUT2D eigenvalue weighted by Crippen LogP contribution is -2.45. The lowest BCUT2D eigenvalue weighted by atomic mass is 9.67. The molecular formula is C33H29F3N2O5. The molecule has 43 heavy (non-hydrogen) atoms. The number of aliphatic hydroxyl groups is 1. The Labute approximate surface area is 246 Å². The molecule has 3 aromatic rings. The normalized spacial score (nSPS) is 20.7. The topological polar surface area (TPSA) is 92.1 Å². The minimum atomic E-state index is -4.73. The van der Waals surface area contributed by atoms with E-state index in [4.69, 9.17) is 14.2 Å². The van der Waals surface area contributed by atoms with E-state index in [2.05, 4.69) is 0 Å². The predicted molar refractivity (Wildman–Crippen MR) is 155 cm³/mol. The van der Waals surface area contributed by atoms with Crippen LogP contribution < -0.4 is 19.1 Å². The minimum absolute atomic E-state index is 0.00665. The van der Waals surface area contributed by atoms with Crippen molar-refractivity contribution in [1.82, 2.24) is 0 Å². The molecule has 0 fully saturated rings. The second kappa shape index (κ2) is 10.2. The van der Waals surface area contributed by atoms with Crippen molar-refractivity contribution in [3.63, 3.8) is 0 Å². The highest BCUT2D eigenvalue weighted by Crippen LogP contribution is 2.53. The molecule has 3 aromatic carbocycles. The second-order valence-corrected chi connectivity index (χ2v) is 11.5. The Balaban J connectivity index is 1.68. The summed E-state index contributed by atoms with van der Waals surface area (Å²) >= 11 is 0. The molecule has 10 heteroatoms. The van der Waals surface area contributed by atoms with Crippen molar-refractivity contribution >= 4 is 23.1 Å². The van der Waals surface area contributed by atoms with Crippen molar-refractivity contribution in [2.45, 2.75) is 38.8 Å². The summed E-state index contributed by atoms with van der Waals surface area (Å²) in [5.74, 6) is -0.463. The standard InChI is InChI=1S/C33H29F3N2O5/c1-32(2)15-23-28(24(39)16-32)27(19-10-13-25-26(14-19)43-17-42-25)29(30(40)18-8-11-20(41-3)12-9-18)31(37)38(23)22-7-5-4-6-21(22)33(34,35)36/h4-14,27,37,40H,15-17H2,1-3H3. The Bertz CT molecular complexity index is 1710. The number of benzene rings is 3. The van der Waals surface area contributed by atoms with Crippen LogP contribution in [0.5, 0.6) is 17.2 Å². The SMILES string of the molecule is COc1ccc(C(O)=C2C(=N)N(c3ccccc3C(F)(F)F)C3=C(C(=O)CC(C)(C)C3)C2c2ccc3c(c2)OCO3)cc1. The number of allylic oxidation sites excluding steroid dienone is 2. The summed E-state index contributed by atoms with van der Waals surface area (Å²) in [6, 6.07) is 16.5. The molecule has 0 spiro atoms. The van der Waals surface area contributed by atoms with Crippen LogP contribution in [0.1, 0.15) is 49.3 Å². The van der Waals surface area contributed by atoms with Gasteiger partial charge in [0.05, 0.1) is 18.4 Å². The average Bonchev–Trinajstić information content (AvgIpc) is 3.43. The first-order valence-corrected chi connectivity index (χ1v) is 13.7. The van der Waals surface area contributed by atoms with Crippen molar-refractivity contribution in [1.29, 1.82) is 5.41 Å². The van der Waals surface area contributed by atoms with Crippen LogP contribution in [0.15, 0.2) is 83.6 Å². The van der Waals surface area contributed by atoms with Gasteiger partial charge in [-0.05, 0) is 65.9 Å². The highest BCUT2D eigenvalue weighted by Gasteiger charge is 2.48. The first-order valence-electron chi connectivity index (χ1n) is 13.7. The zero-order valence-electron chi connectivity index (χ0n) is 23.7. The van der Waals surface area contributed by atoms with Gasteiger partial charge in [-0.2, -0.15) is 13.2 Å². The number of ketones is 1. The van der Waals surface area contributed by atoms with Crippen LogP contribution >= 0.6 is 0 Å². The monoisotopic (exact) mass is 590 g/mol. The van der Waals surface area contributed by atoms with E-state index in [9.17, 15) is 28.5 Å². The van der Waals surface area contributed by atoms with Crippen LogP contribution in [0.3, 0.4) is 0 Å². The van der Waals surface area contributed by atoms with E-state index in [0.717, 1.165) is 6.07 Å². The van der Waals surface area contributed by atoms with E-state index in [1.165, 1.54) is 30.2 Å². The van der Waals surface area contributed by atoms with E-state index in [-0.39, 0.29) is 53.8 Å². The van der Waals surface area contributed by atoms with Crippen LogP contribution in [-0.2, 0) is 11.0 Å². The number of anilines is 1. The highest BCUT2D eigenvalue weighted by atomic mass is 19.4. The molecule has 3 aliphatic rings. The second-order valence-electron chi connectivity index (χ2n) is 11.5. The summed E-state index contributed by atoms with van der Waals surface area (Å²) in [6.07, 6.45) is -4.35. The summed E-state index contributed by atoms with van der Waals surface area (Å²) in [4.78, 5) is 15.3. The number of amidine groups is 1.